The first-order valence-electron chi connectivity index (χ1n) is 7.17. The van der Waals surface area contributed by atoms with Gasteiger partial charge in [0.2, 0.25) is 0 Å². The molecule has 0 aromatic rings. The van der Waals surface area contributed by atoms with E-state index >= 15 is 0 Å². The Morgan fingerprint density at radius 3 is 3.06 bits per heavy atom. The summed E-state index contributed by atoms with van der Waals surface area (Å²) in [5.74, 6) is 1.70. The van der Waals surface area contributed by atoms with E-state index in [9.17, 15) is 0 Å². The maximum Gasteiger partial charge on any atom is 0.179 e. The fourth-order valence-electron chi connectivity index (χ4n) is 3.86. The molecule has 2 unspecified atom stereocenters. The van der Waals surface area contributed by atoms with Crippen LogP contribution in [0.15, 0.2) is 36.3 Å². The van der Waals surface area contributed by atoms with Crippen molar-refractivity contribution in [3.63, 3.8) is 0 Å². The number of fused-ring (bicyclic) bond motifs is 4. The van der Waals surface area contributed by atoms with Crippen LogP contribution in [0.4, 0.5) is 0 Å². The van der Waals surface area contributed by atoms with Crippen molar-refractivity contribution in [3.05, 3.63) is 36.3 Å². The average molecular weight is 244 g/mol. The summed E-state index contributed by atoms with van der Waals surface area (Å²) in [7, 11) is 0. The molecule has 0 radical (unpaired) electrons. The predicted molar refractivity (Wildman–Crippen MR) is 70.1 cm³/mol. The molecule has 1 spiro atoms. The van der Waals surface area contributed by atoms with E-state index < -0.39 is 0 Å². The molecule has 2 atom stereocenters. The smallest absolute Gasteiger partial charge is 0.179 e. The number of allylic oxidation sites excluding steroid dienone is 3. The summed E-state index contributed by atoms with van der Waals surface area (Å²) in [5, 5.41) is 2.38. The largest absolute Gasteiger partial charge is 0.475 e. The monoisotopic (exact) mass is 244 g/mol. The number of nitrogens with zero attached hydrogens (tertiary/aromatic N) is 1. The lowest BCUT2D eigenvalue weighted by Crippen LogP contribution is -2.63. The number of nitrogens with one attached hydrogen (secondary N) is 1. The minimum Gasteiger partial charge on any atom is -0.475 e. The predicted octanol–water partition coefficient (Wildman–Crippen LogP) is 2.84. The zero-order chi connectivity index (χ0) is 12.0. The molecule has 96 valence electrons. The summed E-state index contributed by atoms with van der Waals surface area (Å²) >= 11 is 0. The van der Waals surface area contributed by atoms with Crippen molar-refractivity contribution < 1.29 is 4.74 Å². The molecule has 2 aliphatic heterocycles. The second-order valence-corrected chi connectivity index (χ2v) is 5.80. The third-order valence-corrected chi connectivity index (χ3v) is 4.75. The van der Waals surface area contributed by atoms with Crippen molar-refractivity contribution in [2.45, 2.75) is 50.3 Å². The highest BCUT2D eigenvalue weighted by atomic mass is 16.5. The van der Waals surface area contributed by atoms with Crippen LogP contribution in [0.2, 0.25) is 0 Å². The first-order chi connectivity index (χ1) is 8.89. The fourth-order valence-corrected chi connectivity index (χ4v) is 3.86. The molecule has 3 heteroatoms. The SMILES string of the molecule is C1=CCC2C(=C1)OC1(CCCCC1)N1NC=CC21. The standard InChI is InChI=1S/C15H20N2O/c1-4-9-15(10-5-1)17-13(8-11-16-17)12-6-2-3-7-14(12)18-15/h2-3,7-8,11-13,16H,1,4-6,9-10H2. The third kappa shape index (κ3) is 1.40. The molecule has 0 aromatic heterocycles. The molecule has 1 saturated heterocycles. The second kappa shape index (κ2) is 3.89. The Labute approximate surface area is 108 Å². The van der Waals surface area contributed by atoms with Gasteiger partial charge in [0.1, 0.15) is 5.76 Å². The van der Waals surface area contributed by atoms with Crippen LogP contribution in [0.25, 0.3) is 0 Å². The molecule has 0 amide bonds. The van der Waals surface area contributed by atoms with E-state index in [-0.39, 0.29) is 5.72 Å². The van der Waals surface area contributed by atoms with Crippen LogP contribution in [0.1, 0.15) is 38.5 Å². The topological polar surface area (TPSA) is 24.5 Å². The number of hydrogen-bond acceptors (Lipinski definition) is 3. The molecule has 2 fully saturated rings. The summed E-state index contributed by atoms with van der Waals surface area (Å²) in [6.07, 6.45) is 18.2. The minimum absolute atomic E-state index is 0.0973. The zero-order valence-electron chi connectivity index (χ0n) is 10.6. The van der Waals surface area contributed by atoms with Crippen LogP contribution in [-0.2, 0) is 4.74 Å². The molecule has 2 aliphatic carbocycles. The Balaban J connectivity index is 1.72. The molecule has 1 saturated carbocycles. The van der Waals surface area contributed by atoms with Gasteiger partial charge in [-0.2, -0.15) is 5.01 Å². The summed E-state index contributed by atoms with van der Waals surface area (Å²) in [6.45, 7) is 0. The van der Waals surface area contributed by atoms with Crippen molar-refractivity contribution in [1.82, 2.24) is 10.4 Å². The molecule has 0 aromatic carbocycles. The molecule has 0 bridgehead atoms. The van der Waals surface area contributed by atoms with Crippen molar-refractivity contribution in [3.8, 4) is 0 Å². The highest BCUT2D eigenvalue weighted by Crippen LogP contribution is 2.46. The summed E-state index contributed by atoms with van der Waals surface area (Å²) in [4.78, 5) is 0. The van der Waals surface area contributed by atoms with Gasteiger partial charge >= 0.3 is 0 Å². The van der Waals surface area contributed by atoms with Crippen LogP contribution in [0, 0.1) is 5.92 Å². The van der Waals surface area contributed by atoms with E-state index in [1.807, 2.05) is 0 Å². The van der Waals surface area contributed by atoms with Gasteiger partial charge < -0.3 is 10.2 Å². The van der Waals surface area contributed by atoms with E-state index in [0.717, 1.165) is 19.3 Å². The third-order valence-electron chi connectivity index (χ3n) is 4.75. The van der Waals surface area contributed by atoms with Gasteiger partial charge in [0.05, 0.1) is 6.04 Å². The molecule has 4 aliphatic rings. The van der Waals surface area contributed by atoms with Crippen LogP contribution < -0.4 is 5.43 Å². The second-order valence-electron chi connectivity index (χ2n) is 5.80. The number of ether oxygens (including phenoxy) is 1. The van der Waals surface area contributed by atoms with Crippen molar-refractivity contribution in [1.29, 1.82) is 0 Å². The van der Waals surface area contributed by atoms with Gasteiger partial charge in [-0.1, -0.05) is 18.6 Å². The highest BCUT2D eigenvalue weighted by Gasteiger charge is 2.52. The Kier molecular flexibility index (Phi) is 2.31. The number of hydrazine groups is 1. The number of hydrogen-bond donors (Lipinski definition) is 1. The Morgan fingerprint density at radius 1 is 1.28 bits per heavy atom. The van der Waals surface area contributed by atoms with Gasteiger partial charge in [-0.15, -0.1) is 0 Å². The molecule has 18 heavy (non-hydrogen) atoms. The normalized spacial score (nSPS) is 36.6. The zero-order valence-corrected chi connectivity index (χ0v) is 10.6. The number of rotatable bonds is 0. The molecular formula is C15H20N2O. The van der Waals surface area contributed by atoms with E-state index in [2.05, 4.69) is 40.9 Å². The molecule has 1 N–H and O–H groups in total. The van der Waals surface area contributed by atoms with Gasteiger partial charge in [0, 0.05) is 25.0 Å². The van der Waals surface area contributed by atoms with Gasteiger partial charge in [0.25, 0.3) is 0 Å². The summed E-state index contributed by atoms with van der Waals surface area (Å²) in [5.41, 5.74) is 3.33. The molecule has 3 nitrogen and oxygen atoms in total. The van der Waals surface area contributed by atoms with E-state index in [0.29, 0.717) is 12.0 Å². The van der Waals surface area contributed by atoms with Crippen LogP contribution in [0.3, 0.4) is 0 Å². The van der Waals surface area contributed by atoms with Gasteiger partial charge in [-0.3, -0.25) is 0 Å². The van der Waals surface area contributed by atoms with E-state index in [1.165, 1.54) is 25.0 Å². The maximum absolute atomic E-state index is 6.47. The van der Waals surface area contributed by atoms with E-state index in [1.54, 1.807) is 0 Å². The molecule has 4 rings (SSSR count). The fraction of sp³-hybridized carbons (Fsp3) is 0.600. The van der Waals surface area contributed by atoms with Gasteiger partial charge in [0.15, 0.2) is 5.72 Å². The van der Waals surface area contributed by atoms with Gasteiger partial charge in [-0.05, 0) is 31.4 Å². The molecular weight excluding hydrogens is 224 g/mol. The summed E-state index contributed by atoms with van der Waals surface area (Å²) in [6, 6.07) is 0.466. The van der Waals surface area contributed by atoms with Crippen LogP contribution in [0.5, 0.6) is 0 Å². The van der Waals surface area contributed by atoms with Crippen molar-refractivity contribution >= 4 is 0 Å². The lowest BCUT2D eigenvalue weighted by atomic mass is 9.83. The van der Waals surface area contributed by atoms with Crippen LogP contribution in [-0.4, -0.2) is 16.8 Å². The first kappa shape index (κ1) is 10.7. The highest BCUT2D eigenvalue weighted by molar-refractivity contribution is 5.25. The first-order valence-corrected chi connectivity index (χ1v) is 7.17. The van der Waals surface area contributed by atoms with Crippen molar-refractivity contribution in [2.24, 2.45) is 5.92 Å². The lowest BCUT2D eigenvalue weighted by Gasteiger charge is -2.53. The minimum atomic E-state index is -0.0973. The van der Waals surface area contributed by atoms with Crippen LogP contribution >= 0.6 is 0 Å². The Hall–Kier alpha value is -1.22. The quantitative estimate of drug-likeness (QED) is 0.709. The average Bonchev–Trinajstić information content (AvgIpc) is 2.90. The lowest BCUT2D eigenvalue weighted by molar-refractivity contribution is -0.211. The maximum atomic E-state index is 6.47. The summed E-state index contributed by atoms with van der Waals surface area (Å²) < 4.78 is 6.47. The van der Waals surface area contributed by atoms with E-state index in [4.69, 9.17) is 4.74 Å². The van der Waals surface area contributed by atoms with Crippen molar-refractivity contribution in [2.75, 3.05) is 0 Å². The molecule has 2 heterocycles. The Bertz CT molecular complexity index is 432. The Morgan fingerprint density at radius 2 is 2.17 bits per heavy atom. The van der Waals surface area contributed by atoms with Gasteiger partial charge in [-0.25, -0.2) is 0 Å².